The van der Waals surface area contributed by atoms with Crippen LogP contribution < -0.4 is 4.90 Å². The molecule has 20 heavy (non-hydrogen) atoms. The van der Waals surface area contributed by atoms with Crippen molar-refractivity contribution in [2.24, 2.45) is 0 Å². The highest BCUT2D eigenvalue weighted by atomic mass is 35.5. The van der Waals surface area contributed by atoms with E-state index in [2.05, 4.69) is 23.6 Å². The van der Waals surface area contributed by atoms with Crippen LogP contribution in [0.1, 0.15) is 30.6 Å². The summed E-state index contributed by atoms with van der Waals surface area (Å²) in [5.41, 5.74) is 1.06. The summed E-state index contributed by atoms with van der Waals surface area (Å²) >= 11 is 5.90. The minimum Gasteiger partial charge on any atom is -0.478 e. The third-order valence-electron chi connectivity index (χ3n) is 4.02. The van der Waals surface area contributed by atoms with Crippen LogP contribution in [0.15, 0.2) is 18.2 Å². The highest BCUT2D eigenvalue weighted by Crippen LogP contribution is 2.28. The quantitative estimate of drug-likeness (QED) is 0.907. The molecule has 1 saturated heterocycles. The van der Waals surface area contributed by atoms with Gasteiger partial charge in [0.25, 0.3) is 0 Å². The number of carboxylic acid groups (broad SMARTS) is 1. The molecular formula is C15H21ClN2O2. The molecule has 1 unspecified atom stereocenters. The summed E-state index contributed by atoms with van der Waals surface area (Å²) in [4.78, 5) is 15.9. The van der Waals surface area contributed by atoms with Gasteiger partial charge in [0.05, 0.1) is 11.3 Å². The van der Waals surface area contributed by atoms with Gasteiger partial charge in [0.15, 0.2) is 0 Å². The highest BCUT2D eigenvalue weighted by Gasteiger charge is 2.28. The number of likely N-dealkylation sites (N-methyl/N-ethyl adjacent to an activating group) is 1. The lowest BCUT2D eigenvalue weighted by molar-refractivity contribution is 0.0697. The van der Waals surface area contributed by atoms with E-state index in [4.69, 9.17) is 11.6 Å². The third-order valence-corrected chi connectivity index (χ3v) is 4.26. The van der Waals surface area contributed by atoms with E-state index in [-0.39, 0.29) is 5.56 Å². The summed E-state index contributed by atoms with van der Waals surface area (Å²) in [5, 5.41) is 9.79. The Hall–Kier alpha value is -1.26. The van der Waals surface area contributed by atoms with Crippen molar-refractivity contribution in [2.45, 2.75) is 26.3 Å². The smallest absolute Gasteiger partial charge is 0.337 e. The van der Waals surface area contributed by atoms with E-state index in [0.717, 1.165) is 38.3 Å². The standard InChI is InChI=1S/C15H21ClN2O2/c1-3-17(4-2)12-7-8-18(10-12)14-6-5-11(16)9-13(14)15(19)20/h5-6,9,12H,3-4,7-8,10H2,1-2H3,(H,19,20). The average molecular weight is 297 g/mol. The Balaban J connectivity index is 2.20. The number of rotatable bonds is 5. The van der Waals surface area contributed by atoms with Gasteiger partial charge in [-0.25, -0.2) is 4.79 Å². The lowest BCUT2D eigenvalue weighted by Crippen LogP contribution is -2.37. The Bertz CT molecular complexity index is 489. The second kappa shape index (κ2) is 6.46. The van der Waals surface area contributed by atoms with Crippen molar-refractivity contribution in [3.05, 3.63) is 28.8 Å². The highest BCUT2D eigenvalue weighted by molar-refractivity contribution is 6.31. The number of nitrogens with zero attached hydrogens (tertiary/aromatic N) is 2. The summed E-state index contributed by atoms with van der Waals surface area (Å²) in [6, 6.07) is 5.61. The second-order valence-corrected chi connectivity index (χ2v) is 5.51. The molecule has 0 radical (unpaired) electrons. The molecule has 1 aliphatic heterocycles. The number of aromatic carboxylic acids is 1. The third kappa shape index (κ3) is 3.07. The molecule has 2 rings (SSSR count). The summed E-state index contributed by atoms with van der Waals surface area (Å²) in [5.74, 6) is -0.922. The molecule has 1 atom stereocenters. The van der Waals surface area contributed by atoms with Crippen LogP contribution >= 0.6 is 11.6 Å². The topological polar surface area (TPSA) is 43.8 Å². The van der Waals surface area contributed by atoms with Crippen LogP contribution in [-0.4, -0.2) is 48.2 Å². The van der Waals surface area contributed by atoms with Gasteiger partial charge in [-0.2, -0.15) is 0 Å². The van der Waals surface area contributed by atoms with Crippen LogP contribution in [0, 0.1) is 0 Å². The van der Waals surface area contributed by atoms with E-state index in [1.54, 1.807) is 6.07 Å². The summed E-state index contributed by atoms with van der Waals surface area (Å²) in [6.07, 6.45) is 1.07. The Labute approximate surface area is 124 Å². The van der Waals surface area contributed by atoms with Crippen molar-refractivity contribution < 1.29 is 9.90 Å². The molecule has 1 aliphatic rings. The minimum absolute atomic E-state index is 0.290. The van der Waals surface area contributed by atoms with Gasteiger partial charge in [-0.3, -0.25) is 4.90 Å². The van der Waals surface area contributed by atoms with E-state index in [1.807, 2.05) is 6.07 Å². The van der Waals surface area contributed by atoms with E-state index in [9.17, 15) is 9.90 Å². The lowest BCUT2D eigenvalue weighted by atomic mass is 10.1. The molecule has 0 saturated carbocycles. The van der Waals surface area contributed by atoms with Crippen LogP contribution in [0.3, 0.4) is 0 Å². The maximum atomic E-state index is 11.4. The molecule has 0 spiro atoms. The van der Waals surface area contributed by atoms with Crippen LogP contribution in [0.5, 0.6) is 0 Å². The fourth-order valence-electron chi connectivity index (χ4n) is 2.95. The van der Waals surface area contributed by atoms with E-state index < -0.39 is 5.97 Å². The maximum Gasteiger partial charge on any atom is 0.337 e. The molecule has 1 aromatic carbocycles. The second-order valence-electron chi connectivity index (χ2n) is 5.08. The van der Waals surface area contributed by atoms with E-state index in [0.29, 0.717) is 11.1 Å². The van der Waals surface area contributed by atoms with Gasteiger partial charge in [0.1, 0.15) is 0 Å². The van der Waals surface area contributed by atoms with Crippen LogP contribution in [0.2, 0.25) is 5.02 Å². The number of anilines is 1. The van der Waals surface area contributed by atoms with Crippen LogP contribution in [-0.2, 0) is 0 Å². The number of benzene rings is 1. The van der Waals surface area contributed by atoms with E-state index >= 15 is 0 Å². The normalized spacial score (nSPS) is 18.8. The first-order valence-corrected chi connectivity index (χ1v) is 7.46. The molecule has 1 aromatic rings. The largest absolute Gasteiger partial charge is 0.478 e. The van der Waals surface area contributed by atoms with Gasteiger partial charge in [-0.15, -0.1) is 0 Å². The molecule has 1 fully saturated rings. The predicted molar refractivity (Wildman–Crippen MR) is 82.0 cm³/mol. The van der Waals surface area contributed by atoms with Crippen molar-refractivity contribution in [1.82, 2.24) is 4.90 Å². The maximum absolute atomic E-state index is 11.4. The van der Waals surface area contributed by atoms with Crippen molar-refractivity contribution in [1.29, 1.82) is 0 Å². The SMILES string of the molecule is CCN(CC)C1CCN(c2ccc(Cl)cc2C(=O)O)C1. The molecule has 1 heterocycles. The molecule has 5 heteroatoms. The van der Waals surface area contributed by atoms with Crippen molar-refractivity contribution >= 4 is 23.3 Å². The first kappa shape index (κ1) is 15.1. The lowest BCUT2D eigenvalue weighted by Gasteiger charge is -2.27. The average Bonchev–Trinajstić information content (AvgIpc) is 2.89. The Morgan fingerprint density at radius 3 is 2.75 bits per heavy atom. The zero-order chi connectivity index (χ0) is 14.7. The van der Waals surface area contributed by atoms with Crippen molar-refractivity contribution in [2.75, 3.05) is 31.1 Å². The number of halogens is 1. The summed E-state index contributed by atoms with van der Waals surface area (Å²) < 4.78 is 0. The summed E-state index contributed by atoms with van der Waals surface area (Å²) in [7, 11) is 0. The van der Waals surface area contributed by atoms with Crippen LogP contribution in [0.25, 0.3) is 0 Å². The van der Waals surface area contributed by atoms with Gasteiger partial charge >= 0.3 is 5.97 Å². The first-order valence-electron chi connectivity index (χ1n) is 7.08. The zero-order valence-corrected chi connectivity index (χ0v) is 12.7. The van der Waals surface area contributed by atoms with Gasteiger partial charge in [0, 0.05) is 24.2 Å². The van der Waals surface area contributed by atoms with Gasteiger partial charge in [-0.05, 0) is 37.7 Å². The monoisotopic (exact) mass is 296 g/mol. The van der Waals surface area contributed by atoms with Crippen LogP contribution in [0.4, 0.5) is 5.69 Å². The van der Waals surface area contributed by atoms with Gasteiger partial charge < -0.3 is 10.0 Å². The molecule has 1 N–H and O–H groups in total. The molecule has 4 nitrogen and oxygen atoms in total. The Morgan fingerprint density at radius 1 is 1.45 bits per heavy atom. The molecular weight excluding hydrogens is 276 g/mol. The molecule has 0 amide bonds. The van der Waals surface area contributed by atoms with E-state index in [1.165, 1.54) is 6.07 Å². The number of hydrogen-bond donors (Lipinski definition) is 1. The number of carboxylic acids is 1. The fraction of sp³-hybridized carbons (Fsp3) is 0.533. The van der Waals surface area contributed by atoms with Crippen molar-refractivity contribution in [3.8, 4) is 0 Å². The zero-order valence-electron chi connectivity index (χ0n) is 12.0. The predicted octanol–water partition coefficient (Wildman–Crippen LogP) is 2.96. The van der Waals surface area contributed by atoms with Gasteiger partial charge in [-0.1, -0.05) is 25.4 Å². The first-order chi connectivity index (χ1) is 9.56. The Kier molecular flexibility index (Phi) is 4.89. The van der Waals surface area contributed by atoms with Crippen molar-refractivity contribution in [3.63, 3.8) is 0 Å². The molecule has 0 bridgehead atoms. The Morgan fingerprint density at radius 2 is 2.15 bits per heavy atom. The summed E-state index contributed by atoms with van der Waals surface area (Å²) in [6.45, 7) is 8.16. The molecule has 0 aromatic heterocycles. The molecule has 0 aliphatic carbocycles. The minimum atomic E-state index is -0.922. The number of hydrogen-bond acceptors (Lipinski definition) is 3. The van der Waals surface area contributed by atoms with Gasteiger partial charge in [0.2, 0.25) is 0 Å². The fourth-order valence-corrected chi connectivity index (χ4v) is 3.13. The molecule has 110 valence electrons. The number of carbonyl (C=O) groups is 1.